The minimum atomic E-state index is 0.489. The fraction of sp³-hybridized carbons (Fsp3) is 0.750. The first-order chi connectivity index (χ1) is 8.38. The minimum Gasteiger partial charge on any atom is -0.346 e. The topological polar surface area (TPSA) is 28.2 Å². The Hall–Kier alpha value is -0.260. The van der Waals surface area contributed by atoms with Crippen molar-refractivity contribution in [3.8, 4) is 0 Å². The first kappa shape index (κ1) is 11.8. The van der Waals surface area contributed by atoms with Gasteiger partial charge in [0.05, 0.1) is 11.7 Å². The summed E-state index contributed by atoms with van der Waals surface area (Å²) in [6, 6.07) is 0.489. The molecule has 0 radical (unpaired) electrons. The first-order valence-corrected chi connectivity index (χ1v) is 8.35. The molecule has 0 aromatic carbocycles. The quantitative estimate of drug-likeness (QED) is 0.892. The van der Waals surface area contributed by atoms with Crippen LogP contribution in [-0.4, -0.2) is 36.6 Å². The highest BCUT2D eigenvalue weighted by Crippen LogP contribution is 2.37. The third kappa shape index (κ3) is 2.33. The van der Waals surface area contributed by atoms with Gasteiger partial charge in [-0.1, -0.05) is 0 Å². The Kier molecular flexibility index (Phi) is 3.59. The Morgan fingerprint density at radius 1 is 1.35 bits per heavy atom. The predicted octanol–water partition coefficient (Wildman–Crippen LogP) is 2.29. The highest BCUT2D eigenvalue weighted by molar-refractivity contribution is 7.99. The number of thioether (sulfide) groups is 1. The number of aryl methyl sites for hydroxylation is 1. The Balaban J connectivity index is 1.84. The summed E-state index contributed by atoms with van der Waals surface area (Å²) in [5, 5.41) is 4.66. The molecular weight excluding hydrogens is 250 g/mol. The smallest absolute Gasteiger partial charge is 0.185 e. The van der Waals surface area contributed by atoms with Crippen LogP contribution in [0.4, 0.5) is 5.13 Å². The average Bonchev–Trinajstić information content (AvgIpc) is 2.83. The van der Waals surface area contributed by atoms with Crippen LogP contribution >= 0.6 is 23.1 Å². The van der Waals surface area contributed by atoms with E-state index in [1.54, 1.807) is 0 Å². The molecule has 1 saturated heterocycles. The number of rotatable bonds is 2. The Labute approximate surface area is 111 Å². The van der Waals surface area contributed by atoms with E-state index in [0.29, 0.717) is 6.04 Å². The molecule has 0 spiro atoms. The van der Waals surface area contributed by atoms with Gasteiger partial charge in [-0.3, -0.25) is 0 Å². The number of hydrogen-bond donors (Lipinski definition) is 1. The number of hydrogen-bond acceptors (Lipinski definition) is 5. The molecular formula is C12H19N3S2. The van der Waals surface area contributed by atoms with Gasteiger partial charge in [0.2, 0.25) is 0 Å². The van der Waals surface area contributed by atoms with E-state index >= 15 is 0 Å². The van der Waals surface area contributed by atoms with Crippen LogP contribution in [0.1, 0.15) is 29.5 Å². The number of thiazole rings is 1. The lowest BCUT2D eigenvalue weighted by molar-refractivity contribution is 0.489. The zero-order chi connectivity index (χ0) is 11.7. The van der Waals surface area contributed by atoms with E-state index in [1.807, 2.05) is 11.3 Å². The van der Waals surface area contributed by atoms with Crippen LogP contribution in [0.25, 0.3) is 0 Å². The first-order valence-electron chi connectivity index (χ1n) is 6.38. The van der Waals surface area contributed by atoms with Crippen molar-refractivity contribution < 1.29 is 0 Å². The van der Waals surface area contributed by atoms with Crippen LogP contribution in [0, 0.1) is 0 Å². The van der Waals surface area contributed by atoms with Gasteiger partial charge in [0.25, 0.3) is 0 Å². The molecule has 2 aliphatic rings. The summed E-state index contributed by atoms with van der Waals surface area (Å²) in [5.74, 6) is 2.50. The molecule has 3 rings (SSSR count). The second kappa shape index (κ2) is 5.16. The average molecular weight is 269 g/mol. The molecule has 1 unspecified atom stereocenters. The largest absolute Gasteiger partial charge is 0.346 e. The molecule has 0 bridgehead atoms. The maximum Gasteiger partial charge on any atom is 0.185 e. The van der Waals surface area contributed by atoms with Crippen molar-refractivity contribution in [2.24, 2.45) is 0 Å². The summed E-state index contributed by atoms with van der Waals surface area (Å²) in [6.07, 6.45) is 3.77. The van der Waals surface area contributed by atoms with Crippen LogP contribution < -0.4 is 10.2 Å². The van der Waals surface area contributed by atoms with Crippen molar-refractivity contribution in [2.75, 3.05) is 36.5 Å². The van der Waals surface area contributed by atoms with Crippen LogP contribution in [0.5, 0.6) is 0 Å². The van der Waals surface area contributed by atoms with E-state index in [1.165, 1.54) is 59.6 Å². The molecule has 1 aliphatic heterocycles. The number of nitrogens with one attached hydrogen (secondary N) is 1. The van der Waals surface area contributed by atoms with Crippen molar-refractivity contribution in [1.82, 2.24) is 10.3 Å². The van der Waals surface area contributed by atoms with E-state index in [4.69, 9.17) is 4.98 Å². The standard InChI is InChI=1S/C12H19N3S2/c1-13-9-3-2-4-10-11(9)14-12(17-10)15-5-7-16-8-6-15/h9,13H,2-8H2,1H3. The number of nitrogens with zero attached hydrogens (tertiary/aromatic N) is 2. The fourth-order valence-corrected chi connectivity index (χ4v) is 4.69. The van der Waals surface area contributed by atoms with Crippen LogP contribution in [0.3, 0.4) is 0 Å². The third-order valence-electron chi connectivity index (χ3n) is 3.57. The Bertz CT molecular complexity index is 385. The molecule has 5 heteroatoms. The van der Waals surface area contributed by atoms with Crippen molar-refractivity contribution in [3.05, 3.63) is 10.6 Å². The predicted molar refractivity (Wildman–Crippen MR) is 76.4 cm³/mol. The van der Waals surface area contributed by atoms with Crippen molar-refractivity contribution >= 4 is 28.2 Å². The van der Waals surface area contributed by atoms with Crippen LogP contribution in [-0.2, 0) is 6.42 Å². The summed E-state index contributed by atoms with van der Waals surface area (Å²) in [4.78, 5) is 8.88. The SMILES string of the molecule is CNC1CCCc2sc(N3CCSCC3)nc21. The van der Waals surface area contributed by atoms with Gasteiger partial charge in [-0.15, -0.1) is 11.3 Å². The molecule has 0 amide bonds. The van der Waals surface area contributed by atoms with E-state index in [0.717, 1.165) is 0 Å². The maximum atomic E-state index is 4.90. The van der Waals surface area contributed by atoms with Gasteiger partial charge in [-0.2, -0.15) is 11.8 Å². The molecule has 1 atom stereocenters. The van der Waals surface area contributed by atoms with Crippen molar-refractivity contribution in [3.63, 3.8) is 0 Å². The summed E-state index contributed by atoms with van der Waals surface area (Å²) in [5.41, 5.74) is 1.33. The lowest BCUT2D eigenvalue weighted by atomic mass is 9.98. The normalized spacial score (nSPS) is 24.8. The molecule has 2 heterocycles. The summed E-state index contributed by atoms with van der Waals surface area (Å²) < 4.78 is 0. The van der Waals surface area contributed by atoms with E-state index in [9.17, 15) is 0 Å². The highest BCUT2D eigenvalue weighted by atomic mass is 32.2. The molecule has 1 aliphatic carbocycles. The van der Waals surface area contributed by atoms with Gasteiger partial charge in [-0.05, 0) is 26.3 Å². The summed E-state index contributed by atoms with van der Waals surface area (Å²) >= 11 is 3.98. The lowest BCUT2D eigenvalue weighted by Gasteiger charge is -2.25. The number of anilines is 1. The number of aromatic nitrogens is 1. The molecule has 3 nitrogen and oxygen atoms in total. The molecule has 1 fully saturated rings. The van der Waals surface area contributed by atoms with Gasteiger partial charge in [0.15, 0.2) is 5.13 Å². The van der Waals surface area contributed by atoms with E-state index in [-0.39, 0.29) is 0 Å². The zero-order valence-corrected chi connectivity index (χ0v) is 11.9. The van der Waals surface area contributed by atoms with Gasteiger partial charge >= 0.3 is 0 Å². The highest BCUT2D eigenvalue weighted by Gasteiger charge is 2.25. The summed E-state index contributed by atoms with van der Waals surface area (Å²) in [6.45, 7) is 2.34. The minimum absolute atomic E-state index is 0.489. The monoisotopic (exact) mass is 269 g/mol. The van der Waals surface area contributed by atoms with Crippen molar-refractivity contribution in [1.29, 1.82) is 0 Å². The van der Waals surface area contributed by atoms with Gasteiger partial charge in [0, 0.05) is 29.5 Å². The third-order valence-corrected chi connectivity index (χ3v) is 5.71. The second-order valence-electron chi connectivity index (χ2n) is 4.64. The van der Waals surface area contributed by atoms with Gasteiger partial charge in [-0.25, -0.2) is 4.98 Å². The van der Waals surface area contributed by atoms with Gasteiger partial charge in [0.1, 0.15) is 0 Å². The molecule has 94 valence electrons. The molecule has 1 N–H and O–H groups in total. The van der Waals surface area contributed by atoms with E-state index < -0.39 is 0 Å². The molecule has 0 saturated carbocycles. The maximum absolute atomic E-state index is 4.90. The number of fused-ring (bicyclic) bond motifs is 1. The van der Waals surface area contributed by atoms with E-state index in [2.05, 4.69) is 29.0 Å². The fourth-order valence-electron chi connectivity index (χ4n) is 2.58. The molecule has 17 heavy (non-hydrogen) atoms. The summed E-state index contributed by atoms with van der Waals surface area (Å²) in [7, 11) is 2.05. The Morgan fingerprint density at radius 3 is 2.94 bits per heavy atom. The van der Waals surface area contributed by atoms with Crippen molar-refractivity contribution in [2.45, 2.75) is 25.3 Å². The second-order valence-corrected chi connectivity index (χ2v) is 6.92. The Morgan fingerprint density at radius 2 is 2.18 bits per heavy atom. The van der Waals surface area contributed by atoms with Gasteiger partial charge < -0.3 is 10.2 Å². The van der Waals surface area contributed by atoms with Crippen LogP contribution in [0.15, 0.2) is 0 Å². The lowest BCUT2D eigenvalue weighted by Crippen LogP contribution is -2.32. The molecule has 1 aromatic rings. The molecule has 1 aromatic heterocycles. The van der Waals surface area contributed by atoms with Crippen LogP contribution in [0.2, 0.25) is 0 Å². The zero-order valence-electron chi connectivity index (χ0n) is 10.2.